The number of rotatable bonds is 1. The molecule has 2 aliphatic heterocycles. The van der Waals surface area contributed by atoms with Crippen molar-refractivity contribution in [1.29, 1.82) is 0 Å². The largest absolute Gasteiger partial charge is 0.359 e. The van der Waals surface area contributed by atoms with Crippen molar-refractivity contribution < 1.29 is 13.2 Å². The van der Waals surface area contributed by atoms with Gasteiger partial charge in [0.2, 0.25) is 0 Å². The van der Waals surface area contributed by atoms with E-state index in [-0.39, 0.29) is 23.0 Å². The van der Waals surface area contributed by atoms with Crippen LogP contribution in [-0.2, 0) is 5.41 Å². The van der Waals surface area contributed by atoms with Crippen LogP contribution in [0.2, 0.25) is 0 Å². The Bertz CT molecular complexity index is 1190. The Morgan fingerprint density at radius 2 is 1.63 bits per heavy atom. The van der Waals surface area contributed by atoms with E-state index in [9.17, 15) is 13.2 Å². The summed E-state index contributed by atoms with van der Waals surface area (Å²) >= 11 is 0. The topological polar surface area (TPSA) is 27.6 Å². The molecule has 0 radical (unpaired) electrons. The maximum atomic E-state index is 14.8. The van der Waals surface area contributed by atoms with E-state index in [2.05, 4.69) is 26.1 Å². The number of nitrogens with zero attached hydrogens (tertiary/aromatic N) is 2. The van der Waals surface area contributed by atoms with Gasteiger partial charge in [-0.15, -0.1) is 0 Å². The molecule has 152 valence electrons. The van der Waals surface area contributed by atoms with Crippen LogP contribution in [-0.4, -0.2) is 5.84 Å². The number of nitrogens with one attached hydrogen (secondary N) is 1. The van der Waals surface area contributed by atoms with Crippen molar-refractivity contribution in [1.82, 2.24) is 0 Å². The molecule has 3 aromatic rings. The molecule has 0 bridgehead atoms. The van der Waals surface area contributed by atoms with Crippen molar-refractivity contribution in [2.75, 3.05) is 10.2 Å². The summed E-state index contributed by atoms with van der Waals surface area (Å²) in [4.78, 5) is 6.56. The summed E-state index contributed by atoms with van der Waals surface area (Å²) in [7, 11) is 0. The number of hydrogen-bond acceptors (Lipinski definition) is 3. The lowest BCUT2D eigenvalue weighted by molar-refractivity contribution is 0.539. The molecular formula is C24H20F3N3. The second kappa shape index (κ2) is 6.36. The van der Waals surface area contributed by atoms with Gasteiger partial charge in [0.15, 0.2) is 0 Å². The minimum atomic E-state index is -0.980. The quantitative estimate of drug-likeness (QED) is 0.504. The number of anilines is 2. The third-order valence-electron chi connectivity index (χ3n) is 5.56. The van der Waals surface area contributed by atoms with E-state index in [4.69, 9.17) is 4.99 Å². The summed E-state index contributed by atoms with van der Waals surface area (Å²) in [6.45, 7) is 6.21. The van der Waals surface area contributed by atoms with E-state index < -0.39 is 17.5 Å². The van der Waals surface area contributed by atoms with Crippen LogP contribution in [0, 0.1) is 17.5 Å². The van der Waals surface area contributed by atoms with Crippen LogP contribution in [0.1, 0.15) is 43.6 Å². The average molecular weight is 407 g/mol. The van der Waals surface area contributed by atoms with Crippen molar-refractivity contribution in [2.24, 2.45) is 4.99 Å². The molecule has 0 aromatic heterocycles. The van der Waals surface area contributed by atoms with Gasteiger partial charge in [-0.25, -0.2) is 18.2 Å². The van der Waals surface area contributed by atoms with Gasteiger partial charge in [0, 0.05) is 17.7 Å². The molecule has 1 N–H and O–H groups in total. The highest BCUT2D eigenvalue weighted by Crippen LogP contribution is 2.49. The van der Waals surface area contributed by atoms with E-state index in [1.165, 1.54) is 0 Å². The van der Waals surface area contributed by atoms with Crippen molar-refractivity contribution in [2.45, 2.75) is 32.4 Å². The Morgan fingerprint density at radius 3 is 2.33 bits per heavy atom. The van der Waals surface area contributed by atoms with Gasteiger partial charge >= 0.3 is 0 Å². The highest BCUT2D eigenvalue weighted by Gasteiger charge is 2.41. The fraction of sp³-hybridized carbons (Fsp3) is 0.208. The summed E-state index contributed by atoms with van der Waals surface area (Å²) in [6.07, 6.45) is -0.379. The number of para-hydroxylation sites is 3. The molecule has 0 amide bonds. The van der Waals surface area contributed by atoms with Gasteiger partial charge in [-0.1, -0.05) is 51.1 Å². The monoisotopic (exact) mass is 407 g/mol. The van der Waals surface area contributed by atoms with Crippen molar-refractivity contribution in [3.8, 4) is 0 Å². The zero-order valence-corrected chi connectivity index (χ0v) is 16.8. The van der Waals surface area contributed by atoms with Gasteiger partial charge in [-0.2, -0.15) is 0 Å². The lowest BCUT2D eigenvalue weighted by Gasteiger charge is -2.35. The van der Waals surface area contributed by atoms with Gasteiger partial charge in [-0.05, 0) is 23.1 Å². The van der Waals surface area contributed by atoms with Crippen LogP contribution >= 0.6 is 0 Å². The summed E-state index contributed by atoms with van der Waals surface area (Å²) in [6, 6.07) is 14.8. The third-order valence-corrected chi connectivity index (χ3v) is 5.56. The summed E-state index contributed by atoms with van der Waals surface area (Å²) in [5.41, 5.74) is 3.61. The van der Waals surface area contributed by atoms with E-state index in [1.807, 2.05) is 42.5 Å². The predicted molar refractivity (Wildman–Crippen MR) is 113 cm³/mol. The first kappa shape index (κ1) is 18.7. The Kier molecular flexibility index (Phi) is 3.97. The van der Waals surface area contributed by atoms with Crippen LogP contribution in [0.25, 0.3) is 0 Å². The Labute approximate surface area is 172 Å². The normalized spacial score (nSPS) is 17.1. The smallest absolute Gasteiger partial charge is 0.149 e. The molecule has 0 fully saturated rings. The van der Waals surface area contributed by atoms with Gasteiger partial charge in [0.1, 0.15) is 29.5 Å². The standard InChI is InChI=1S/C24H20F3N3/c1-24(2,3)15-8-6-7-14-21(15)29-23(20-16(26)11-13(25)12-17(20)27)30-19-10-5-4-9-18(19)28-22(14)30/h4-12,22,28H,1-3H3. The van der Waals surface area contributed by atoms with Crippen molar-refractivity contribution in [3.63, 3.8) is 0 Å². The summed E-state index contributed by atoms with van der Waals surface area (Å²) in [5.74, 6) is -2.80. The fourth-order valence-electron chi connectivity index (χ4n) is 4.21. The van der Waals surface area contributed by atoms with Gasteiger partial charge in [0.05, 0.1) is 22.6 Å². The molecule has 1 unspecified atom stereocenters. The zero-order chi connectivity index (χ0) is 21.2. The molecule has 3 aromatic carbocycles. The lowest BCUT2D eigenvalue weighted by atomic mass is 9.83. The Hall–Kier alpha value is -3.28. The number of halogens is 3. The van der Waals surface area contributed by atoms with Crippen LogP contribution < -0.4 is 10.2 Å². The number of hydrogen-bond donors (Lipinski definition) is 1. The molecule has 0 aliphatic carbocycles. The van der Waals surface area contributed by atoms with Gasteiger partial charge < -0.3 is 5.32 Å². The number of amidine groups is 1. The molecule has 5 rings (SSSR count). The molecule has 6 heteroatoms. The highest BCUT2D eigenvalue weighted by molar-refractivity contribution is 6.16. The second-order valence-electron chi connectivity index (χ2n) is 8.61. The van der Waals surface area contributed by atoms with Crippen molar-refractivity contribution in [3.05, 3.63) is 88.7 Å². The number of aliphatic imine (C=N–C) groups is 1. The SMILES string of the molecule is CC(C)(C)c1cccc2c1N=C(c1c(F)cc(F)cc1F)N1c3ccccc3NC21. The van der Waals surface area contributed by atoms with E-state index in [0.717, 1.165) is 22.5 Å². The molecule has 2 heterocycles. The van der Waals surface area contributed by atoms with Gasteiger partial charge in [0.25, 0.3) is 0 Å². The predicted octanol–water partition coefficient (Wildman–Crippen LogP) is 6.42. The van der Waals surface area contributed by atoms with Crippen LogP contribution in [0.15, 0.2) is 59.6 Å². The van der Waals surface area contributed by atoms with E-state index in [1.54, 1.807) is 4.90 Å². The van der Waals surface area contributed by atoms with Crippen LogP contribution in [0.4, 0.5) is 30.2 Å². The highest BCUT2D eigenvalue weighted by atomic mass is 19.1. The molecule has 3 nitrogen and oxygen atoms in total. The molecule has 2 aliphatic rings. The summed E-state index contributed by atoms with van der Waals surface area (Å²) in [5, 5.41) is 3.45. The summed E-state index contributed by atoms with van der Waals surface area (Å²) < 4.78 is 43.3. The minimum absolute atomic E-state index is 0.122. The maximum absolute atomic E-state index is 14.8. The van der Waals surface area contributed by atoms with Gasteiger partial charge in [-0.3, -0.25) is 4.90 Å². The lowest BCUT2D eigenvalue weighted by Crippen LogP contribution is -2.38. The first-order valence-corrected chi connectivity index (χ1v) is 9.77. The van der Waals surface area contributed by atoms with E-state index in [0.29, 0.717) is 17.8 Å². The molecule has 0 saturated heterocycles. The second-order valence-corrected chi connectivity index (χ2v) is 8.61. The number of fused-ring (bicyclic) bond motifs is 5. The molecule has 1 atom stereocenters. The van der Waals surface area contributed by atoms with Crippen LogP contribution in [0.3, 0.4) is 0 Å². The Balaban J connectivity index is 1.84. The zero-order valence-electron chi connectivity index (χ0n) is 16.8. The molecule has 30 heavy (non-hydrogen) atoms. The van der Waals surface area contributed by atoms with Crippen molar-refractivity contribution >= 4 is 22.9 Å². The average Bonchev–Trinajstić information content (AvgIpc) is 3.06. The molecular weight excluding hydrogens is 387 g/mol. The number of benzene rings is 3. The third kappa shape index (κ3) is 2.70. The molecule has 0 saturated carbocycles. The molecule has 0 spiro atoms. The minimum Gasteiger partial charge on any atom is -0.359 e. The van der Waals surface area contributed by atoms with E-state index >= 15 is 0 Å². The van der Waals surface area contributed by atoms with Crippen LogP contribution in [0.5, 0.6) is 0 Å². The first-order valence-electron chi connectivity index (χ1n) is 9.77. The first-order chi connectivity index (χ1) is 14.3. The Morgan fingerprint density at radius 1 is 0.933 bits per heavy atom. The maximum Gasteiger partial charge on any atom is 0.149 e. The fourth-order valence-corrected chi connectivity index (χ4v) is 4.21.